The summed E-state index contributed by atoms with van der Waals surface area (Å²) in [4.78, 5) is 36.7. The van der Waals surface area contributed by atoms with Gasteiger partial charge in [0, 0.05) is 18.2 Å². The molecule has 1 aromatic rings. The average molecular weight is 320 g/mol. The summed E-state index contributed by atoms with van der Waals surface area (Å²) in [6.07, 6.45) is 2.16. The number of carbonyl (C=O) groups excluding carboxylic acids is 3. The van der Waals surface area contributed by atoms with E-state index in [-0.39, 0.29) is 17.9 Å². The van der Waals surface area contributed by atoms with Crippen LogP contribution in [0.4, 0.5) is 4.79 Å². The molecular formula is C15H20N4O4. The van der Waals surface area contributed by atoms with E-state index in [0.717, 1.165) is 11.3 Å². The number of imide groups is 1. The Balaban J connectivity index is 1.68. The van der Waals surface area contributed by atoms with Crippen LogP contribution in [0.5, 0.6) is 0 Å². The summed E-state index contributed by atoms with van der Waals surface area (Å²) in [6.45, 7) is 6.25. The van der Waals surface area contributed by atoms with Crippen LogP contribution in [0.2, 0.25) is 0 Å². The van der Waals surface area contributed by atoms with Crippen LogP contribution >= 0.6 is 0 Å². The molecule has 124 valence electrons. The number of nitrogens with one attached hydrogen (secondary N) is 1. The van der Waals surface area contributed by atoms with Gasteiger partial charge < -0.3 is 4.74 Å². The molecular weight excluding hydrogens is 300 g/mol. The molecule has 3 heterocycles. The number of fused-ring (bicyclic) bond motifs is 1. The predicted octanol–water partition coefficient (Wildman–Crippen LogP) is 1.11. The van der Waals surface area contributed by atoms with Crippen LogP contribution in [-0.4, -0.2) is 38.2 Å². The quantitative estimate of drug-likeness (QED) is 0.782. The van der Waals surface area contributed by atoms with Gasteiger partial charge >= 0.3 is 6.09 Å². The van der Waals surface area contributed by atoms with Crippen molar-refractivity contribution < 1.29 is 19.1 Å². The summed E-state index contributed by atoms with van der Waals surface area (Å²) in [7, 11) is 0. The molecule has 1 aromatic heterocycles. The smallest absolute Gasteiger partial charge is 0.410 e. The number of aromatic nitrogens is 2. The second-order valence-corrected chi connectivity index (χ2v) is 6.88. The average Bonchev–Trinajstić information content (AvgIpc) is 2.94. The lowest BCUT2D eigenvalue weighted by Crippen LogP contribution is -2.42. The van der Waals surface area contributed by atoms with Gasteiger partial charge in [-0.05, 0) is 27.2 Å². The maximum Gasteiger partial charge on any atom is 0.410 e. The Kier molecular flexibility index (Phi) is 3.62. The third-order valence-corrected chi connectivity index (χ3v) is 3.78. The molecule has 0 bridgehead atoms. The van der Waals surface area contributed by atoms with Gasteiger partial charge in [0.1, 0.15) is 11.6 Å². The third-order valence-electron chi connectivity index (χ3n) is 3.78. The zero-order valence-corrected chi connectivity index (χ0v) is 13.5. The van der Waals surface area contributed by atoms with E-state index in [1.54, 1.807) is 15.8 Å². The predicted molar refractivity (Wildman–Crippen MR) is 79.1 cm³/mol. The first kappa shape index (κ1) is 15.5. The highest BCUT2D eigenvalue weighted by Crippen LogP contribution is 2.26. The van der Waals surface area contributed by atoms with Crippen LogP contribution in [0.25, 0.3) is 0 Å². The molecule has 0 spiro atoms. The van der Waals surface area contributed by atoms with Gasteiger partial charge in [-0.1, -0.05) is 0 Å². The van der Waals surface area contributed by atoms with Crippen molar-refractivity contribution in [2.24, 2.45) is 0 Å². The number of hydrogen-bond acceptors (Lipinski definition) is 5. The minimum absolute atomic E-state index is 0.248. The minimum atomic E-state index is -0.538. The highest BCUT2D eigenvalue weighted by atomic mass is 16.6. The van der Waals surface area contributed by atoms with Crippen LogP contribution in [0.1, 0.15) is 50.9 Å². The van der Waals surface area contributed by atoms with Crippen molar-refractivity contribution >= 4 is 17.9 Å². The van der Waals surface area contributed by atoms with Gasteiger partial charge in [0.15, 0.2) is 0 Å². The van der Waals surface area contributed by atoms with E-state index in [1.807, 2.05) is 20.8 Å². The zero-order valence-electron chi connectivity index (χ0n) is 13.5. The Morgan fingerprint density at radius 1 is 1.35 bits per heavy atom. The number of amides is 3. The van der Waals surface area contributed by atoms with E-state index in [1.165, 1.54) is 0 Å². The minimum Gasteiger partial charge on any atom is -0.444 e. The van der Waals surface area contributed by atoms with E-state index in [4.69, 9.17) is 4.74 Å². The maximum atomic E-state index is 12.1. The molecule has 8 nitrogen and oxygen atoms in total. The lowest BCUT2D eigenvalue weighted by Gasteiger charge is -2.24. The molecule has 2 aliphatic heterocycles. The fraction of sp³-hybridized carbons (Fsp3) is 0.600. The SMILES string of the molecule is CC(C)(C)OC(=O)N1Cc2cn(C3CCC(=O)NC3=O)nc2C1. The summed E-state index contributed by atoms with van der Waals surface area (Å²) in [5.41, 5.74) is 1.13. The highest BCUT2D eigenvalue weighted by molar-refractivity contribution is 5.99. The number of ether oxygens (including phenoxy) is 1. The van der Waals surface area contributed by atoms with Crippen LogP contribution in [0.3, 0.4) is 0 Å². The second-order valence-electron chi connectivity index (χ2n) is 6.88. The van der Waals surface area contributed by atoms with Crippen molar-refractivity contribution in [3.05, 3.63) is 17.5 Å². The van der Waals surface area contributed by atoms with Gasteiger partial charge in [-0.3, -0.25) is 24.5 Å². The van der Waals surface area contributed by atoms with Crippen molar-refractivity contribution in [2.75, 3.05) is 0 Å². The molecule has 3 amide bonds. The van der Waals surface area contributed by atoms with Gasteiger partial charge in [0.2, 0.25) is 5.91 Å². The number of carbonyl (C=O) groups is 3. The molecule has 1 atom stereocenters. The molecule has 1 N–H and O–H groups in total. The van der Waals surface area contributed by atoms with Crippen LogP contribution < -0.4 is 5.32 Å². The van der Waals surface area contributed by atoms with Gasteiger partial charge in [0.05, 0.1) is 18.8 Å². The number of hydrogen-bond donors (Lipinski definition) is 1. The first-order chi connectivity index (χ1) is 10.7. The van der Waals surface area contributed by atoms with Crippen LogP contribution in [0.15, 0.2) is 6.20 Å². The Hall–Kier alpha value is -2.38. The first-order valence-corrected chi connectivity index (χ1v) is 7.61. The fourth-order valence-corrected chi connectivity index (χ4v) is 2.72. The van der Waals surface area contributed by atoms with Crippen molar-refractivity contribution in [3.8, 4) is 0 Å². The normalized spacial score (nSPS) is 21.2. The Labute approximate surface area is 133 Å². The van der Waals surface area contributed by atoms with E-state index in [2.05, 4.69) is 10.4 Å². The number of rotatable bonds is 1. The zero-order chi connectivity index (χ0) is 16.8. The van der Waals surface area contributed by atoms with E-state index >= 15 is 0 Å². The molecule has 1 unspecified atom stereocenters. The third kappa shape index (κ3) is 3.20. The molecule has 0 aliphatic carbocycles. The largest absolute Gasteiger partial charge is 0.444 e. The molecule has 0 radical (unpaired) electrons. The lowest BCUT2D eigenvalue weighted by atomic mass is 10.1. The molecule has 0 saturated carbocycles. The standard InChI is InChI=1S/C15H20N4O4/c1-15(2,3)23-14(22)18-6-9-7-19(17-10(9)8-18)11-4-5-12(20)16-13(11)21/h7,11H,4-6,8H2,1-3H3,(H,16,20,21). The molecule has 23 heavy (non-hydrogen) atoms. The molecule has 3 rings (SSSR count). The summed E-state index contributed by atoms with van der Waals surface area (Å²) in [6, 6.07) is -0.465. The molecule has 1 saturated heterocycles. The van der Waals surface area contributed by atoms with Gasteiger partial charge in [-0.25, -0.2) is 4.79 Å². The monoisotopic (exact) mass is 320 g/mol. The number of nitrogens with zero attached hydrogens (tertiary/aromatic N) is 3. The van der Waals surface area contributed by atoms with Crippen LogP contribution in [-0.2, 0) is 27.4 Å². The summed E-state index contributed by atoms with van der Waals surface area (Å²) < 4.78 is 6.94. The van der Waals surface area contributed by atoms with Gasteiger partial charge in [0.25, 0.3) is 5.91 Å². The summed E-state index contributed by atoms with van der Waals surface area (Å²) >= 11 is 0. The Morgan fingerprint density at radius 3 is 2.70 bits per heavy atom. The maximum absolute atomic E-state index is 12.1. The van der Waals surface area contributed by atoms with Crippen molar-refractivity contribution in [3.63, 3.8) is 0 Å². The van der Waals surface area contributed by atoms with E-state index < -0.39 is 11.6 Å². The molecule has 0 aromatic carbocycles. The van der Waals surface area contributed by atoms with Crippen LogP contribution in [0, 0.1) is 0 Å². The van der Waals surface area contributed by atoms with Gasteiger partial charge in [-0.15, -0.1) is 0 Å². The fourth-order valence-electron chi connectivity index (χ4n) is 2.72. The van der Waals surface area contributed by atoms with Crippen molar-refractivity contribution in [1.29, 1.82) is 0 Å². The number of piperidine rings is 1. The molecule has 1 fully saturated rings. The lowest BCUT2D eigenvalue weighted by molar-refractivity contribution is -0.136. The molecule has 8 heteroatoms. The van der Waals surface area contributed by atoms with E-state index in [0.29, 0.717) is 25.9 Å². The Morgan fingerprint density at radius 2 is 2.09 bits per heavy atom. The molecule has 2 aliphatic rings. The van der Waals surface area contributed by atoms with Crippen molar-refractivity contribution in [1.82, 2.24) is 20.0 Å². The van der Waals surface area contributed by atoms with Crippen molar-refractivity contribution in [2.45, 2.75) is 58.3 Å². The van der Waals surface area contributed by atoms with Gasteiger partial charge in [-0.2, -0.15) is 5.10 Å². The summed E-state index contributed by atoms with van der Waals surface area (Å²) in [5.74, 6) is -0.575. The van der Waals surface area contributed by atoms with E-state index in [9.17, 15) is 14.4 Å². The first-order valence-electron chi connectivity index (χ1n) is 7.61. The highest BCUT2D eigenvalue weighted by Gasteiger charge is 2.33. The Bertz CT molecular complexity index is 650. The second kappa shape index (κ2) is 5.36. The topological polar surface area (TPSA) is 93.5 Å². The summed E-state index contributed by atoms with van der Waals surface area (Å²) in [5, 5.41) is 6.74.